The summed E-state index contributed by atoms with van der Waals surface area (Å²) in [6.45, 7) is 0.542. The largest absolute Gasteiger partial charge is 0.326 e. The van der Waals surface area contributed by atoms with Crippen LogP contribution in [0.5, 0.6) is 0 Å². The van der Waals surface area contributed by atoms with E-state index in [-0.39, 0.29) is 0 Å². The molecular formula is C16H18N2. The van der Waals surface area contributed by atoms with Gasteiger partial charge in [-0.15, -0.1) is 0 Å². The Kier molecular flexibility index (Phi) is 3.11. The van der Waals surface area contributed by atoms with Crippen LogP contribution >= 0.6 is 0 Å². The van der Waals surface area contributed by atoms with Crippen LogP contribution < -0.4 is 5.73 Å². The minimum Gasteiger partial charge on any atom is -0.326 e. The van der Waals surface area contributed by atoms with Crippen molar-refractivity contribution in [1.29, 1.82) is 0 Å². The fourth-order valence-corrected chi connectivity index (χ4v) is 2.77. The van der Waals surface area contributed by atoms with Gasteiger partial charge in [0.05, 0.1) is 0 Å². The average molecular weight is 238 g/mol. The molecule has 1 aromatic heterocycles. The van der Waals surface area contributed by atoms with Gasteiger partial charge in [-0.2, -0.15) is 0 Å². The van der Waals surface area contributed by atoms with Gasteiger partial charge in [-0.05, 0) is 59.6 Å². The van der Waals surface area contributed by atoms with Gasteiger partial charge in [0.1, 0.15) is 0 Å². The summed E-state index contributed by atoms with van der Waals surface area (Å²) in [6, 6.07) is 8.90. The lowest BCUT2D eigenvalue weighted by Gasteiger charge is -2.17. The molecule has 1 aromatic carbocycles. The third-order valence-electron chi connectivity index (χ3n) is 3.78. The first-order valence-electron chi connectivity index (χ1n) is 6.63. The number of fused-ring (bicyclic) bond motifs is 1. The third-order valence-corrected chi connectivity index (χ3v) is 3.78. The first-order chi connectivity index (χ1) is 8.88. The first kappa shape index (κ1) is 11.4. The minimum absolute atomic E-state index is 0.542. The lowest BCUT2D eigenvalue weighted by Crippen LogP contribution is -2.03. The Morgan fingerprint density at radius 1 is 1.06 bits per heavy atom. The molecule has 2 N–H and O–H groups in total. The normalized spacial score (nSPS) is 14.3. The van der Waals surface area contributed by atoms with E-state index in [9.17, 15) is 0 Å². The van der Waals surface area contributed by atoms with Crippen LogP contribution in [0.4, 0.5) is 0 Å². The second-order valence-corrected chi connectivity index (χ2v) is 4.93. The van der Waals surface area contributed by atoms with Crippen molar-refractivity contribution >= 4 is 0 Å². The molecule has 0 radical (unpaired) electrons. The van der Waals surface area contributed by atoms with Crippen LogP contribution in [0.25, 0.3) is 11.1 Å². The van der Waals surface area contributed by atoms with Gasteiger partial charge in [0.2, 0.25) is 0 Å². The van der Waals surface area contributed by atoms with Gasteiger partial charge < -0.3 is 5.73 Å². The number of aryl methyl sites for hydroxylation is 2. The highest BCUT2D eigenvalue weighted by atomic mass is 14.6. The van der Waals surface area contributed by atoms with E-state index in [1.54, 1.807) is 0 Å². The smallest absolute Gasteiger partial charge is 0.0318 e. The summed E-state index contributed by atoms with van der Waals surface area (Å²) in [5.74, 6) is 0. The van der Waals surface area contributed by atoms with Crippen LogP contribution in [-0.4, -0.2) is 4.98 Å². The van der Waals surface area contributed by atoms with Crippen molar-refractivity contribution in [3.63, 3.8) is 0 Å². The second-order valence-electron chi connectivity index (χ2n) is 4.93. The number of aromatic nitrogens is 1. The molecule has 0 unspecified atom stereocenters. The molecule has 0 atom stereocenters. The Morgan fingerprint density at radius 3 is 2.72 bits per heavy atom. The molecular weight excluding hydrogens is 220 g/mol. The lowest BCUT2D eigenvalue weighted by molar-refractivity contribution is 0.686. The van der Waals surface area contributed by atoms with Crippen molar-refractivity contribution in [1.82, 2.24) is 4.98 Å². The van der Waals surface area contributed by atoms with E-state index in [1.807, 2.05) is 12.4 Å². The van der Waals surface area contributed by atoms with Crippen molar-refractivity contribution in [3.05, 3.63) is 53.3 Å². The number of nitrogens with two attached hydrogens (primary N) is 1. The van der Waals surface area contributed by atoms with Crippen LogP contribution in [0.2, 0.25) is 0 Å². The van der Waals surface area contributed by atoms with Crippen molar-refractivity contribution in [2.75, 3.05) is 0 Å². The van der Waals surface area contributed by atoms with Gasteiger partial charge in [0.15, 0.2) is 0 Å². The first-order valence-corrected chi connectivity index (χ1v) is 6.63. The summed E-state index contributed by atoms with van der Waals surface area (Å²) in [5.41, 5.74) is 12.4. The molecule has 0 fully saturated rings. The van der Waals surface area contributed by atoms with E-state index in [4.69, 9.17) is 5.73 Å². The summed E-state index contributed by atoms with van der Waals surface area (Å²) in [4.78, 5) is 4.15. The molecule has 1 aliphatic rings. The van der Waals surface area contributed by atoms with Crippen molar-refractivity contribution in [2.45, 2.75) is 32.2 Å². The highest BCUT2D eigenvalue weighted by Gasteiger charge is 2.11. The predicted molar refractivity (Wildman–Crippen MR) is 74.2 cm³/mol. The van der Waals surface area contributed by atoms with Gasteiger partial charge in [-0.1, -0.05) is 18.2 Å². The number of pyridine rings is 1. The van der Waals surface area contributed by atoms with E-state index in [0.717, 1.165) is 5.56 Å². The number of hydrogen-bond acceptors (Lipinski definition) is 2. The third kappa shape index (κ3) is 2.04. The topological polar surface area (TPSA) is 38.9 Å². The van der Waals surface area contributed by atoms with Crippen LogP contribution in [-0.2, 0) is 19.4 Å². The summed E-state index contributed by atoms with van der Waals surface area (Å²) in [5, 5.41) is 0. The number of rotatable bonds is 2. The molecule has 0 saturated heterocycles. The standard InChI is InChI=1S/C16H18N2/c17-10-15-11-18-8-7-16(15)14-6-5-12-3-1-2-4-13(12)9-14/h5-9,11H,1-4,10,17H2. The van der Waals surface area contributed by atoms with E-state index < -0.39 is 0 Å². The molecule has 2 aromatic rings. The zero-order chi connectivity index (χ0) is 12.4. The number of nitrogens with zero attached hydrogens (tertiary/aromatic N) is 1. The summed E-state index contributed by atoms with van der Waals surface area (Å²) in [7, 11) is 0. The van der Waals surface area contributed by atoms with E-state index in [1.165, 1.54) is 47.9 Å². The molecule has 2 heteroatoms. The summed E-state index contributed by atoms with van der Waals surface area (Å²) >= 11 is 0. The quantitative estimate of drug-likeness (QED) is 0.873. The lowest BCUT2D eigenvalue weighted by atomic mass is 9.88. The molecule has 1 aliphatic carbocycles. The van der Waals surface area contributed by atoms with Gasteiger partial charge in [0, 0.05) is 18.9 Å². The van der Waals surface area contributed by atoms with Gasteiger partial charge in [0.25, 0.3) is 0 Å². The van der Waals surface area contributed by atoms with Crippen LogP contribution in [0.1, 0.15) is 29.5 Å². The molecule has 0 spiro atoms. The second kappa shape index (κ2) is 4.91. The summed E-state index contributed by atoms with van der Waals surface area (Å²) < 4.78 is 0. The zero-order valence-corrected chi connectivity index (χ0v) is 10.5. The Morgan fingerprint density at radius 2 is 1.89 bits per heavy atom. The van der Waals surface area contributed by atoms with E-state index in [2.05, 4.69) is 29.2 Å². The fourth-order valence-electron chi connectivity index (χ4n) is 2.77. The van der Waals surface area contributed by atoms with Gasteiger partial charge in [-0.3, -0.25) is 4.98 Å². The highest BCUT2D eigenvalue weighted by molar-refractivity contribution is 5.68. The number of hydrogen-bond donors (Lipinski definition) is 1. The SMILES string of the molecule is NCc1cnccc1-c1ccc2c(c1)CCCC2. The molecule has 0 saturated carbocycles. The van der Waals surface area contributed by atoms with E-state index in [0.29, 0.717) is 6.54 Å². The molecule has 1 heterocycles. The fraction of sp³-hybridized carbons (Fsp3) is 0.312. The molecule has 2 nitrogen and oxygen atoms in total. The maximum absolute atomic E-state index is 5.79. The summed E-state index contributed by atoms with van der Waals surface area (Å²) in [6.07, 6.45) is 8.80. The van der Waals surface area contributed by atoms with Gasteiger partial charge >= 0.3 is 0 Å². The van der Waals surface area contributed by atoms with Gasteiger partial charge in [-0.25, -0.2) is 0 Å². The molecule has 0 amide bonds. The maximum atomic E-state index is 5.79. The van der Waals surface area contributed by atoms with Crippen LogP contribution in [0.3, 0.4) is 0 Å². The Labute approximate surface area is 108 Å². The zero-order valence-electron chi connectivity index (χ0n) is 10.5. The van der Waals surface area contributed by atoms with Crippen LogP contribution in [0, 0.1) is 0 Å². The molecule has 3 rings (SSSR count). The average Bonchev–Trinajstić information content (AvgIpc) is 2.46. The monoisotopic (exact) mass is 238 g/mol. The van der Waals surface area contributed by atoms with Crippen LogP contribution in [0.15, 0.2) is 36.7 Å². The Balaban J connectivity index is 2.06. The van der Waals surface area contributed by atoms with Crippen molar-refractivity contribution in [3.8, 4) is 11.1 Å². The van der Waals surface area contributed by atoms with Crippen molar-refractivity contribution < 1.29 is 0 Å². The highest BCUT2D eigenvalue weighted by Crippen LogP contribution is 2.28. The van der Waals surface area contributed by atoms with Crippen molar-refractivity contribution in [2.24, 2.45) is 5.73 Å². The van der Waals surface area contributed by atoms with E-state index >= 15 is 0 Å². The number of benzene rings is 1. The minimum atomic E-state index is 0.542. The Hall–Kier alpha value is -1.67. The predicted octanol–water partition coefficient (Wildman–Crippen LogP) is 3.09. The Bertz CT molecular complexity index is 561. The maximum Gasteiger partial charge on any atom is 0.0318 e. The molecule has 92 valence electrons. The molecule has 18 heavy (non-hydrogen) atoms. The molecule has 0 aliphatic heterocycles. The molecule has 0 bridgehead atoms.